The van der Waals surface area contributed by atoms with Gasteiger partial charge in [0.2, 0.25) is 0 Å². The van der Waals surface area contributed by atoms with E-state index in [1.54, 1.807) is 13.1 Å². The van der Waals surface area contributed by atoms with Crippen molar-refractivity contribution in [2.24, 2.45) is 5.92 Å². The minimum atomic E-state index is -0.200. The SMILES string of the molecule is C=C(/C=C\C(=C)C(C/C=C\C(F)=C/C)CCCC)c1cn[nH]c1. The number of aromatic amines is 1. The van der Waals surface area contributed by atoms with Crippen LogP contribution < -0.4 is 0 Å². The molecule has 1 unspecified atom stereocenters. The van der Waals surface area contributed by atoms with Gasteiger partial charge in [0.15, 0.2) is 0 Å². The summed E-state index contributed by atoms with van der Waals surface area (Å²) in [6.07, 6.45) is 16.5. The molecule has 1 N–H and O–H groups in total. The summed E-state index contributed by atoms with van der Waals surface area (Å²) < 4.78 is 13.2. The highest BCUT2D eigenvalue weighted by Gasteiger charge is 2.09. The number of nitrogens with zero attached hydrogens (tertiary/aromatic N) is 1. The Labute approximate surface area is 139 Å². The first kappa shape index (κ1) is 18.9. The lowest BCUT2D eigenvalue weighted by molar-refractivity contribution is 0.544. The molecule has 0 aliphatic carbocycles. The average molecular weight is 314 g/mol. The van der Waals surface area contributed by atoms with Crippen molar-refractivity contribution in [3.8, 4) is 0 Å². The second-order valence-corrected chi connectivity index (χ2v) is 5.57. The quantitative estimate of drug-likeness (QED) is 0.515. The van der Waals surface area contributed by atoms with Crippen LogP contribution >= 0.6 is 0 Å². The van der Waals surface area contributed by atoms with E-state index in [0.717, 1.165) is 42.4 Å². The molecule has 0 amide bonds. The molecule has 1 rings (SSSR count). The van der Waals surface area contributed by atoms with Crippen molar-refractivity contribution in [3.63, 3.8) is 0 Å². The third-order valence-corrected chi connectivity index (χ3v) is 3.77. The lowest BCUT2D eigenvalue weighted by Crippen LogP contribution is -2.01. The van der Waals surface area contributed by atoms with Crippen LogP contribution in [0.4, 0.5) is 4.39 Å². The van der Waals surface area contributed by atoms with Gasteiger partial charge in [-0.1, -0.05) is 62.8 Å². The Morgan fingerprint density at radius 3 is 2.74 bits per heavy atom. The van der Waals surface area contributed by atoms with Gasteiger partial charge in [-0.3, -0.25) is 5.10 Å². The maximum atomic E-state index is 13.2. The molecule has 0 aliphatic heterocycles. The van der Waals surface area contributed by atoms with Gasteiger partial charge in [-0.2, -0.15) is 5.10 Å². The fourth-order valence-corrected chi connectivity index (χ4v) is 2.21. The van der Waals surface area contributed by atoms with Crippen LogP contribution in [0.3, 0.4) is 0 Å². The third-order valence-electron chi connectivity index (χ3n) is 3.77. The van der Waals surface area contributed by atoms with Crippen LogP contribution in [0.5, 0.6) is 0 Å². The van der Waals surface area contributed by atoms with Crippen molar-refractivity contribution in [1.82, 2.24) is 10.2 Å². The number of H-pyrrole nitrogens is 1. The molecule has 23 heavy (non-hydrogen) atoms. The van der Waals surface area contributed by atoms with Crippen LogP contribution in [0, 0.1) is 5.92 Å². The zero-order valence-corrected chi connectivity index (χ0v) is 14.2. The number of rotatable bonds is 10. The zero-order valence-electron chi connectivity index (χ0n) is 14.2. The van der Waals surface area contributed by atoms with Crippen molar-refractivity contribution in [3.05, 3.63) is 72.9 Å². The third kappa shape index (κ3) is 7.09. The van der Waals surface area contributed by atoms with E-state index < -0.39 is 0 Å². The Hall–Kier alpha value is -2.16. The smallest absolute Gasteiger partial charge is 0.118 e. The van der Waals surface area contributed by atoms with Crippen molar-refractivity contribution in [2.75, 3.05) is 0 Å². The van der Waals surface area contributed by atoms with Crippen LogP contribution in [-0.2, 0) is 0 Å². The molecule has 0 saturated heterocycles. The summed E-state index contributed by atoms with van der Waals surface area (Å²) in [5, 5.41) is 6.69. The van der Waals surface area contributed by atoms with Crippen LogP contribution in [0.2, 0.25) is 0 Å². The molecule has 0 bridgehead atoms. The molecule has 1 heterocycles. The van der Waals surface area contributed by atoms with Gasteiger partial charge in [-0.25, -0.2) is 4.39 Å². The Bertz CT molecular complexity index is 577. The molecule has 1 aromatic rings. The van der Waals surface area contributed by atoms with Gasteiger partial charge in [0.1, 0.15) is 5.83 Å². The monoisotopic (exact) mass is 314 g/mol. The van der Waals surface area contributed by atoms with Gasteiger partial charge in [0, 0.05) is 11.8 Å². The predicted octanol–water partition coefficient (Wildman–Crippen LogP) is 6.16. The van der Waals surface area contributed by atoms with Crippen LogP contribution in [0.1, 0.15) is 45.1 Å². The Morgan fingerprint density at radius 1 is 1.35 bits per heavy atom. The van der Waals surface area contributed by atoms with Gasteiger partial charge in [-0.15, -0.1) is 0 Å². The van der Waals surface area contributed by atoms with Crippen molar-refractivity contribution < 1.29 is 4.39 Å². The lowest BCUT2D eigenvalue weighted by atomic mass is 9.90. The second-order valence-electron chi connectivity index (χ2n) is 5.57. The number of hydrogen-bond acceptors (Lipinski definition) is 1. The molecule has 0 spiro atoms. The fourth-order valence-electron chi connectivity index (χ4n) is 2.21. The standard InChI is InChI=1S/C20H27FN2/c1-5-7-9-18(10-8-11-20(21)6-2)16(3)12-13-17(4)19-14-22-23-15-19/h6,8,11-15,18H,3-5,7,9-10H2,1-2H3,(H,22,23)/b11-8-,13-12-,20-6+. The van der Waals surface area contributed by atoms with E-state index in [1.165, 1.54) is 12.2 Å². The number of aromatic nitrogens is 2. The van der Waals surface area contributed by atoms with E-state index in [4.69, 9.17) is 0 Å². The second kappa shape index (κ2) is 10.5. The molecule has 0 aromatic carbocycles. The molecular weight excluding hydrogens is 287 g/mol. The first-order valence-corrected chi connectivity index (χ1v) is 8.11. The summed E-state index contributed by atoms with van der Waals surface area (Å²) in [7, 11) is 0. The molecule has 2 nitrogen and oxygen atoms in total. The van der Waals surface area contributed by atoms with Crippen LogP contribution in [0.25, 0.3) is 5.57 Å². The summed E-state index contributed by atoms with van der Waals surface area (Å²) in [6.45, 7) is 12.1. The predicted molar refractivity (Wildman–Crippen MR) is 97.5 cm³/mol. The summed E-state index contributed by atoms with van der Waals surface area (Å²) in [5.41, 5.74) is 2.91. The highest BCUT2D eigenvalue weighted by Crippen LogP contribution is 2.24. The van der Waals surface area contributed by atoms with Crippen LogP contribution in [0.15, 0.2) is 67.3 Å². The van der Waals surface area contributed by atoms with Gasteiger partial charge in [0.05, 0.1) is 6.20 Å². The molecule has 1 atom stereocenters. The van der Waals surface area contributed by atoms with Crippen molar-refractivity contribution in [2.45, 2.75) is 39.5 Å². The molecular formula is C20H27FN2. The first-order valence-electron chi connectivity index (χ1n) is 8.11. The van der Waals surface area contributed by atoms with Gasteiger partial charge >= 0.3 is 0 Å². The maximum Gasteiger partial charge on any atom is 0.118 e. The van der Waals surface area contributed by atoms with E-state index >= 15 is 0 Å². The molecule has 3 heteroatoms. The Balaban J connectivity index is 2.67. The Morgan fingerprint density at radius 2 is 2.13 bits per heavy atom. The van der Waals surface area contributed by atoms with Gasteiger partial charge in [0.25, 0.3) is 0 Å². The summed E-state index contributed by atoms with van der Waals surface area (Å²) >= 11 is 0. The molecule has 1 aromatic heterocycles. The minimum Gasteiger partial charge on any atom is -0.285 e. The summed E-state index contributed by atoms with van der Waals surface area (Å²) in [5.74, 6) is 0.123. The highest BCUT2D eigenvalue weighted by molar-refractivity contribution is 5.71. The molecule has 0 aliphatic rings. The normalized spacial score (nSPS) is 13.8. The number of nitrogens with one attached hydrogen (secondary N) is 1. The van der Waals surface area contributed by atoms with E-state index in [9.17, 15) is 4.39 Å². The largest absolute Gasteiger partial charge is 0.285 e. The molecule has 0 fully saturated rings. The van der Waals surface area contributed by atoms with E-state index in [2.05, 4.69) is 30.3 Å². The van der Waals surface area contributed by atoms with Crippen molar-refractivity contribution >= 4 is 5.57 Å². The van der Waals surface area contributed by atoms with Gasteiger partial charge in [-0.05, 0) is 37.3 Å². The molecule has 0 radical (unpaired) electrons. The maximum absolute atomic E-state index is 13.2. The number of allylic oxidation sites excluding steroid dienone is 8. The average Bonchev–Trinajstić information content (AvgIpc) is 3.09. The van der Waals surface area contributed by atoms with Crippen molar-refractivity contribution in [1.29, 1.82) is 0 Å². The number of hydrogen-bond donors (Lipinski definition) is 1. The summed E-state index contributed by atoms with van der Waals surface area (Å²) in [4.78, 5) is 0. The topological polar surface area (TPSA) is 28.7 Å². The van der Waals surface area contributed by atoms with E-state index in [-0.39, 0.29) is 5.83 Å². The number of halogens is 1. The van der Waals surface area contributed by atoms with E-state index in [1.807, 2.05) is 24.4 Å². The zero-order chi connectivity index (χ0) is 17.1. The lowest BCUT2D eigenvalue weighted by Gasteiger charge is -2.15. The number of unbranched alkanes of at least 4 members (excludes halogenated alkanes) is 1. The summed E-state index contributed by atoms with van der Waals surface area (Å²) in [6, 6.07) is 0. The minimum absolute atomic E-state index is 0.200. The fraction of sp³-hybridized carbons (Fsp3) is 0.350. The first-order chi connectivity index (χ1) is 11.1. The Kier molecular flexibility index (Phi) is 8.66. The van der Waals surface area contributed by atoms with Gasteiger partial charge < -0.3 is 0 Å². The van der Waals surface area contributed by atoms with E-state index in [0.29, 0.717) is 5.92 Å². The van der Waals surface area contributed by atoms with Crippen LogP contribution in [-0.4, -0.2) is 10.2 Å². The molecule has 124 valence electrons. The highest BCUT2D eigenvalue weighted by atomic mass is 19.1. The molecule has 0 saturated carbocycles.